The fourth-order valence-corrected chi connectivity index (χ4v) is 5.02. The van der Waals surface area contributed by atoms with Crippen LogP contribution in [-0.2, 0) is 24.2 Å². The Bertz CT molecular complexity index is 987. The lowest BCUT2D eigenvalue weighted by molar-refractivity contribution is -0.117. The van der Waals surface area contributed by atoms with Gasteiger partial charge in [0.1, 0.15) is 0 Å². The number of carbonyl (C=O) groups is 1. The highest BCUT2D eigenvalue weighted by molar-refractivity contribution is 7.15. The number of aromatic nitrogens is 2. The van der Waals surface area contributed by atoms with Crippen LogP contribution in [0.2, 0.25) is 0 Å². The summed E-state index contributed by atoms with van der Waals surface area (Å²) in [4.78, 5) is 17.1. The molecule has 2 heterocycles. The van der Waals surface area contributed by atoms with Gasteiger partial charge in [0.25, 0.3) is 5.89 Å². The third-order valence-electron chi connectivity index (χ3n) is 5.36. The summed E-state index contributed by atoms with van der Waals surface area (Å²) >= 11 is 1.77. The molecule has 30 heavy (non-hydrogen) atoms. The van der Waals surface area contributed by atoms with Crippen molar-refractivity contribution < 1.29 is 9.21 Å². The number of rotatable bonds is 8. The van der Waals surface area contributed by atoms with Crippen LogP contribution >= 0.6 is 11.3 Å². The fourth-order valence-electron chi connectivity index (χ4n) is 3.84. The fraction of sp³-hybridized carbons (Fsp3) is 0.435. The zero-order chi connectivity index (χ0) is 20.9. The summed E-state index contributed by atoms with van der Waals surface area (Å²) in [6.07, 6.45) is 5.76. The summed E-state index contributed by atoms with van der Waals surface area (Å²) in [6, 6.07) is 10.0. The van der Waals surface area contributed by atoms with Gasteiger partial charge in [-0.25, -0.2) is 0 Å². The number of thiophene rings is 1. The van der Waals surface area contributed by atoms with E-state index < -0.39 is 0 Å². The molecule has 0 atom stereocenters. The molecule has 0 bridgehead atoms. The molecule has 1 aromatic carbocycles. The van der Waals surface area contributed by atoms with E-state index in [4.69, 9.17) is 4.42 Å². The smallest absolute Gasteiger partial charge is 0.257 e. The van der Waals surface area contributed by atoms with Crippen molar-refractivity contribution in [3.8, 4) is 10.8 Å². The second kappa shape index (κ2) is 9.53. The largest absolute Gasteiger partial charge is 0.419 e. The summed E-state index contributed by atoms with van der Waals surface area (Å²) in [5.74, 6) is 1.10. The van der Waals surface area contributed by atoms with E-state index in [0.29, 0.717) is 18.3 Å². The highest BCUT2D eigenvalue weighted by atomic mass is 32.1. The van der Waals surface area contributed by atoms with E-state index >= 15 is 0 Å². The molecule has 0 radical (unpaired) electrons. The molecule has 4 rings (SSSR count). The molecule has 0 saturated carbocycles. The van der Waals surface area contributed by atoms with Crippen LogP contribution in [0, 0.1) is 6.92 Å². The Kier molecular flexibility index (Phi) is 6.59. The maximum atomic E-state index is 12.6. The minimum Gasteiger partial charge on any atom is -0.419 e. The number of fused-ring (bicyclic) bond motifs is 1. The van der Waals surface area contributed by atoms with Crippen LogP contribution in [0.25, 0.3) is 10.8 Å². The van der Waals surface area contributed by atoms with Crippen molar-refractivity contribution in [1.29, 1.82) is 0 Å². The Labute approximate surface area is 181 Å². The van der Waals surface area contributed by atoms with Crippen LogP contribution in [0.4, 0.5) is 5.69 Å². The van der Waals surface area contributed by atoms with E-state index in [0.717, 1.165) is 41.9 Å². The van der Waals surface area contributed by atoms with Crippen LogP contribution in [0.1, 0.15) is 48.1 Å². The Morgan fingerprint density at radius 2 is 2.07 bits per heavy atom. The molecule has 7 heteroatoms. The third-order valence-corrected chi connectivity index (χ3v) is 6.58. The van der Waals surface area contributed by atoms with Crippen molar-refractivity contribution >= 4 is 22.9 Å². The van der Waals surface area contributed by atoms with E-state index in [1.54, 1.807) is 11.3 Å². The molecule has 158 valence electrons. The quantitative estimate of drug-likeness (QED) is 0.560. The first kappa shape index (κ1) is 20.8. The monoisotopic (exact) mass is 424 g/mol. The number of para-hydroxylation sites is 1. The number of hydrogen-bond donors (Lipinski definition) is 1. The molecule has 0 saturated heterocycles. The number of carbonyl (C=O) groups excluding carboxylic acids is 1. The second-order valence-corrected chi connectivity index (χ2v) is 8.98. The molecule has 0 unspecified atom stereocenters. The topological polar surface area (TPSA) is 71.3 Å². The zero-order valence-electron chi connectivity index (χ0n) is 17.6. The van der Waals surface area contributed by atoms with E-state index in [1.165, 1.54) is 23.3 Å². The summed E-state index contributed by atoms with van der Waals surface area (Å²) in [7, 11) is 0. The number of hydrogen-bond acceptors (Lipinski definition) is 6. The van der Waals surface area contributed by atoms with Gasteiger partial charge in [0.2, 0.25) is 11.8 Å². The van der Waals surface area contributed by atoms with Crippen LogP contribution in [0.3, 0.4) is 0 Å². The molecule has 2 aromatic heterocycles. The zero-order valence-corrected chi connectivity index (χ0v) is 18.4. The summed E-state index contributed by atoms with van der Waals surface area (Å²) < 4.78 is 5.96. The van der Waals surface area contributed by atoms with Crippen molar-refractivity contribution in [2.75, 3.05) is 18.4 Å². The average molecular weight is 425 g/mol. The lowest BCUT2D eigenvalue weighted by Gasteiger charge is -2.19. The van der Waals surface area contributed by atoms with Crippen molar-refractivity contribution in [3.05, 3.63) is 52.2 Å². The third kappa shape index (κ3) is 4.96. The maximum Gasteiger partial charge on any atom is 0.257 e. The van der Waals surface area contributed by atoms with Gasteiger partial charge in [0.15, 0.2) is 0 Å². The second-order valence-electron chi connectivity index (χ2n) is 7.84. The normalized spacial score (nSPS) is 13.4. The minimum absolute atomic E-state index is 0.0385. The van der Waals surface area contributed by atoms with Crippen LogP contribution < -0.4 is 5.32 Å². The van der Waals surface area contributed by atoms with Crippen LogP contribution in [0.5, 0.6) is 0 Å². The Morgan fingerprint density at radius 1 is 1.23 bits per heavy atom. The van der Waals surface area contributed by atoms with E-state index in [2.05, 4.69) is 28.5 Å². The van der Waals surface area contributed by atoms with Gasteiger partial charge in [-0.15, -0.1) is 21.5 Å². The molecule has 0 fully saturated rings. The molecule has 6 nitrogen and oxygen atoms in total. The first-order chi connectivity index (χ1) is 14.6. The molecule has 3 aromatic rings. The lowest BCUT2D eigenvalue weighted by Crippen LogP contribution is -2.33. The first-order valence-electron chi connectivity index (χ1n) is 10.6. The number of nitrogens with one attached hydrogen (secondary N) is 1. The number of aryl methyl sites for hydroxylation is 3. The summed E-state index contributed by atoms with van der Waals surface area (Å²) in [6.45, 7) is 5.62. The molecule has 1 aliphatic carbocycles. The predicted molar refractivity (Wildman–Crippen MR) is 120 cm³/mol. The Morgan fingerprint density at radius 3 is 2.87 bits per heavy atom. The molecule has 0 aliphatic heterocycles. The standard InChI is InChI=1S/C23H28N4O2S/c1-3-12-27(14-21(28)24-18-10-6-4-8-16(18)2)15-22-25-26-23(29-22)20-13-17-9-5-7-11-19(17)30-20/h4,6,8,10,13H,3,5,7,9,11-12,14-15H2,1-2H3,(H,24,28). The van der Waals surface area contributed by atoms with E-state index in [1.807, 2.05) is 36.1 Å². The van der Waals surface area contributed by atoms with Gasteiger partial charge < -0.3 is 9.73 Å². The van der Waals surface area contributed by atoms with Crippen LogP contribution in [0.15, 0.2) is 34.7 Å². The average Bonchev–Trinajstić information content (AvgIpc) is 3.36. The first-order valence-corrected chi connectivity index (χ1v) is 11.5. The van der Waals surface area contributed by atoms with Gasteiger partial charge in [-0.2, -0.15) is 0 Å². The molecule has 0 spiro atoms. The molecule has 1 amide bonds. The van der Waals surface area contributed by atoms with Crippen molar-refractivity contribution in [2.45, 2.75) is 52.5 Å². The van der Waals surface area contributed by atoms with E-state index in [-0.39, 0.29) is 12.5 Å². The minimum atomic E-state index is -0.0385. The highest BCUT2D eigenvalue weighted by Gasteiger charge is 2.19. The number of anilines is 1. The lowest BCUT2D eigenvalue weighted by atomic mass is 9.99. The maximum absolute atomic E-state index is 12.6. The summed E-state index contributed by atoms with van der Waals surface area (Å²) in [5, 5.41) is 11.5. The van der Waals surface area contributed by atoms with Gasteiger partial charge in [0.05, 0.1) is 18.0 Å². The van der Waals surface area contributed by atoms with Gasteiger partial charge in [-0.3, -0.25) is 9.69 Å². The summed E-state index contributed by atoms with van der Waals surface area (Å²) in [5.41, 5.74) is 3.33. The van der Waals surface area contributed by atoms with Crippen LogP contribution in [-0.4, -0.2) is 34.1 Å². The molecule has 1 aliphatic rings. The number of amides is 1. The molecular formula is C23H28N4O2S. The predicted octanol–water partition coefficient (Wildman–Crippen LogP) is 4.84. The SMILES string of the molecule is CCCN(CC(=O)Nc1ccccc1C)Cc1nnc(-c2cc3c(s2)CCCC3)o1. The highest BCUT2D eigenvalue weighted by Crippen LogP contribution is 2.35. The Hall–Kier alpha value is -2.51. The molecule has 1 N–H and O–H groups in total. The van der Waals surface area contributed by atoms with Crippen molar-refractivity contribution in [2.24, 2.45) is 0 Å². The van der Waals surface area contributed by atoms with Gasteiger partial charge in [-0.1, -0.05) is 25.1 Å². The number of nitrogens with zero attached hydrogens (tertiary/aromatic N) is 3. The Balaban J connectivity index is 1.40. The molecular weight excluding hydrogens is 396 g/mol. The van der Waals surface area contributed by atoms with Gasteiger partial charge >= 0.3 is 0 Å². The van der Waals surface area contributed by atoms with E-state index in [9.17, 15) is 4.79 Å². The van der Waals surface area contributed by atoms with Gasteiger partial charge in [0, 0.05) is 10.6 Å². The van der Waals surface area contributed by atoms with Crippen molar-refractivity contribution in [1.82, 2.24) is 15.1 Å². The van der Waals surface area contributed by atoms with Gasteiger partial charge in [-0.05, 0) is 68.8 Å². The number of benzene rings is 1. The van der Waals surface area contributed by atoms with Crippen molar-refractivity contribution in [3.63, 3.8) is 0 Å².